The summed E-state index contributed by atoms with van der Waals surface area (Å²) in [6.45, 7) is 1.70. The summed E-state index contributed by atoms with van der Waals surface area (Å²) in [7, 11) is 1.33. The van der Waals surface area contributed by atoms with Crippen molar-refractivity contribution in [3.05, 3.63) is 57.9 Å². The van der Waals surface area contributed by atoms with E-state index in [1.807, 2.05) is 41.8 Å². The quantitative estimate of drug-likeness (QED) is 0.850. The minimum Gasteiger partial charge on any atom is -0.466 e. The molecule has 2 amide bonds. The van der Waals surface area contributed by atoms with Crippen LogP contribution in [0.4, 0.5) is 4.79 Å². The van der Waals surface area contributed by atoms with E-state index in [9.17, 15) is 9.59 Å². The summed E-state index contributed by atoms with van der Waals surface area (Å²) in [5.41, 5.74) is 3.09. The number of esters is 1. The maximum Gasteiger partial charge on any atom is 0.338 e. The maximum absolute atomic E-state index is 12.1. The van der Waals surface area contributed by atoms with Gasteiger partial charge >= 0.3 is 12.0 Å². The van der Waals surface area contributed by atoms with E-state index in [4.69, 9.17) is 4.74 Å². The predicted molar refractivity (Wildman–Crippen MR) is 88.9 cm³/mol. The van der Waals surface area contributed by atoms with Crippen molar-refractivity contribution in [3.63, 3.8) is 0 Å². The highest BCUT2D eigenvalue weighted by Gasteiger charge is 2.32. The largest absolute Gasteiger partial charge is 0.466 e. The fourth-order valence-corrected chi connectivity index (χ4v) is 3.55. The van der Waals surface area contributed by atoms with Gasteiger partial charge in [-0.05, 0) is 29.5 Å². The molecule has 0 saturated heterocycles. The van der Waals surface area contributed by atoms with E-state index >= 15 is 0 Å². The Morgan fingerprint density at radius 3 is 2.65 bits per heavy atom. The zero-order valence-electron chi connectivity index (χ0n) is 12.8. The minimum absolute atomic E-state index is 0.324. The van der Waals surface area contributed by atoms with E-state index in [0.717, 1.165) is 16.0 Å². The molecule has 23 heavy (non-hydrogen) atoms. The standard InChI is InChI=1S/C17H16N2O3S/c1-10-14(16(20)22-2)15(19-17(21)18-10)13-8-12(9-23-13)11-6-4-3-5-7-11/h3-9,15H,1-2H3,(H2,18,19,21). The number of nitrogens with one attached hydrogen (secondary N) is 2. The summed E-state index contributed by atoms with van der Waals surface area (Å²) in [4.78, 5) is 24.8. The van der Waals surface area contributed by atoms with Crippen LogP contribution in [0.15, 0.2) is 53.0 Å². The molecule has 0 aliphatic carbocycles. The van der Waals surface area contributed by atoms with Gasteiger partial charge in [0, 0.05) is 10.6 Å². The van der Waals surface area contributed by atoms with Gasteiger partial charge in [-0.2, -0.15) is 0 Å². The lowest BCUT2D eigenvalue weighted by Gasteiger charge is -2.26. The Morgan fingerprint density at radius 2 is 1.96 bits per heavy atom. The second-order valence-corrected chi connectivity index (χ2v) is 6.11. The van der Waals surface area contributed by atoms with Crippen molar-refractivity contribution < 1.29 is 14.3 Å². The highest BCUT2D eigenvalue weighted by Crippen LogP contribution is 2.34. The van der Waals surface area contributed by atoms with Crippen LogP contribution in [0.5, 0.6) is 0 Å². The van der Waals surface area contributed by atoms with Crippen molar-refractivity contribution in [1.29, 1.82) is 0 Å². The Kier molecular flexibility index (Phi) is 4.16. The zero-order chi connectivity index (χ0) is 16.4. The normalized spacial score (nSPS) is 17.5. The van der Waals surface area contributed by atoms with Crippen LogP contribution in [0.25, 0.3) is 11.1 Å². The van der Waals surface area contributed by atoms with Crippen LogP contribution in [-0.4, -0.2) is 19.1 Å². The van der Waals surface area contributed by atoms with Crippen LogP contribution >= 0.6 is 11.3 Å². The molecule has 118 valence electrons. The third kappa shape index (κ3) is 2.98. The van der Waals surface area contributed by atoms with E-state index in [1.54, 1.807) is 6.92 Å². The smallest absolute Gasteiger partial charge is 0.338 e. The SMILES string of the molecule is COC(=O)C1=C(C)NC(=O)NC1c1cc(-c2ccccc2)cs1. The van der Waals surface area contributed by atoms with Crippen molar-refractivity contribution >= 4 is 23.3 Å². The monoisotopic (exact) mass is 328 g/mol. The molecule has 2 aromatic rings. The zero-order valence-corrected chi connectivity index (χ0v) is 13.6. The fraction of sp³-hybridized carbons (Fsp3) is 0.176. The summed E-state index contributed by atoms with van der Waals surface area (Å²) in [5, 5.41) is 7.43. The van der Waals surface area contributed by atoms with Crippen LogP contribution in [0.1, 0.15) is 17.8 Å². The van der Waals surface area contributed by atoms with Crippen molar-refractivity contribution in [2.75, 3.05) is 7.11 Å². The molecule has 0 saturated carbocycles. The van der Waals surface area contributed by atoms with E-state index in [1.165, 1.54) is 18.4 Å². The molecule has 1 atom stereocenters. The number of carbonyl (C=O) groups excluding carboxylic acids is 2. The summed E-state index contributed by atoms with van der Waals surface area (Å²) < 4.78 is 4.86. The first-order valence-corrected chi connectivity index (χ1v) is 7.98. The molecule has 3 rings (SSSR count). The molecule has 2 N–H and O–H groups in total. The second kappa shape index (κ2) is 6.26. The number of methoxy groups -OCH3 is 1. The lowest BCUT2D eigenvalue weighted by atomic mass is 10.00. The number of thiophene rings is 1. The molecule has 6 heteroatoms. The summed E-state index contributed by atoms with van der Waals surface area (Å²) >= 11 is 1.50. The third-order valence-corrected chi connectivity index (χ3v) is 4.68. The number of benzene rings is 1. The second-order valence-electron chi connectivity index (χ2n) is 5.17. The van der Waals surface area contributed by atoms with Crippen molar-refractivity contribution in [3.8, 4) is 11.1 Å². The number of urea groups is 1. The van der Waals surface area contributed by atoms with Gasteiger partial charge in [-0.25, -0.2) is 9.59 Å². The molecule has 1 aliphatic rings. The maximum atomic E-state index is 12.1. The molecular formula is C17H16N2O3S. The number of hydrogen-bond donors (Lipinski definition) is 2. The fourth-order valence-electron chi connectivity index (χ4n) is 2.57. The molecule has 0 spiro atoms. The highest BCUT2D eigenvalue weighted by molar-refractivity contribution is 7.10. The minimum atomic E-state index is -0.501. The van der Waals surface area contributed by atoms with Gasteiger partial charge in [0.05, 0.1) is 18.7 Å². The summed E-state index contributed by atoms with van der Waals surface area (Å²) in [6, 6.07) is 11.1. The molecule has 0 radical (unpaired) electrons. The van der Waals surface area contributed by atoms with Gasteiger partial charge in [0.2, 0.25) is 0 Å². The number of amides is 2. The average molecular weight is 328 g/mol. The van der Waals surface area contributed by atoms with Gasteiger partial charge in [-0.1, -0.05) is 30.3 Å². The molecule has 1 aliphatic heterocycles. The van der Waals surface area contributed by atoms with Gasteiger partial charge in [0.15, 0.2) is 0 Å². The Bertz CT molecular complexity index is 780. The van der Waals surface area contributed by atoms with Crippen LogP contribution in [0, 0.1) is 0 Å². The summed E-state index contributed by atoms with van der Waals surface area (Å²) in [5.74, 6) is -0.449. The molecular weight excluding hydrogens is 312 g/mol. The van der Waals surface area contributed by atoms with Crippen molar-refractivity contribution in [2.45, 2.75) is 13.0 Å². The van der Waals surface area contributed by atoms with E-state index < -0.39 is 12.0 Å². The number of allylic oxidation sites excluding steroid dienone is 1. The van der Waals surface area contributed by atoms with Gasteiger partial charge in [0.25, 0.3) is 0 Å². The van der Waals surface area contributed by atoms with E-state index in [-0.39, 0.29) is 6.03 Å². The Morgan fingerprint density at radius 1 is 1.22 bits per heavy atom. The van der Waals surface area contributed by atoms with Gasteiger partial charge in [0.1, 0.15) is 0 Å². The molecule has 2 heterocycles. The Labute approximate surface area is 138 Å². The van der Waals surface area contributed by atoms with Crippen LogP contribution < -0.4 is 10.6 Å². The van der Waals surface area contributed by atoms with Gasteiger partial charge in [-0.15, -0.1) is 11.3 Å². The van der Waals surface area contributed by atoms with Crippen LogP contribution in [0.2, 0.25) is 0 Å². The molecule has 5 nitrogen and oxygen atoms in total. The van der Waals surface area contributed by atoms with E-state index in [2.05, 4.69) is 10.6 Å². The predicted octanol–water partition coefficient (Wildman–Crippen LogP) is 3.22. The lowest BCUT2D eigenvalue weighted by Crippen LogP contribution is -2.45. The molecule has 1 unspecified atom stereocenters. The third-order valence-electron chi connectivity index (χ3n) is 3.69. The molecule has 0 bridgehead atoms. The molecule has 0 fully saturated rings. The molecule has 1 aromatic carbocycles. The number of rotatable bonds is 3. The van der Waals surface area contributed by atoms with Crippen LogP contribution in [-0.2, 0) is 9.53 Å². The lowest BCUT2D eigenvalue weighted by molar-refractivity contribution is -0.136. The van der Waals surface area contributed by atoms with E-state index in [0.29, 0.717) is 11.3 Å². The van der Waals surface area contributed by atoms with Crippen molar-refractivity contribution in [1.82, 2.24) is 10.6 Å². The number of hydrogen-bond acceptors (Lipinski definition) is 4. The number of ether oxygens (including phenoxy) is 1. The average Bonchev–Trinajstić information content (AvgIpc) is 3.04. The topological polar surface area (TPSA) is 67.4 Å². The molecule has 1 aromatic heterocycles. The van der Waals surface area contributed by atoms with Crippen molar-refractivity contribution in [2.24, 2.45) is 0 Å². The Hall–Kier alpha value is -2.60. The first-order valence-electron chi connectivity index (χ1n) is 7.10. The first-order chi connectivity index (χ1) is 11.1. The van der Waals surface area contributed by atoms with Gasteiger partial charge < -0.3 is 15.4 Å². The summed E-state index contributed by atoms with van der Waals surface area (Å²) in [6.07, 6.45) is 0. The first kappa shape index (κ1) is 15.3. The van der Waals surface area contributed by atoms with Gasteiger partial charge in [-0.3, -0.25) is 0 Å². The van der Waals surface area contributed by atoms with Crippen LogP contribution in [0.3, 0.4) is 0 Å². The highest BCUT2D eigenvalue weighted by atomic mass is 32.1. The number of carbonyl (C=O) groups is 2. The Balaban J connectivity index is 1.99.